The highest BCUT2D eigenvalue weighted by molar-refractivity contribution is 9.10. The van der Waals surface area contributed by atoms with Crippen molar-refractivity contribution in [2.75, 3.05) is 19.5 Å². The summed E-state index contributed by atoms with van der Waals surface area (Å²) in [7, 11) is -1.60. The molecular formula is C8H13BrN2O4S. The van der Waals surface area contributed by atoms with E-state index in [1.165, 1.54) is 0 Å². The molecule has 1 heterocycles. The minimum Gasteiger partial charge on any atom is -0.477 e. The van der Waals surface area contributed by atoms with E-state index in [0.29, 0.717) is 18.9 Å². The fourth-order valence-corrected chi connectivity index (χ4v) is 1.88. The molecule has 0 spiro atoms. The van der Waals surface area contributed by atoms with Gasteiger partial charge < -0.3 is 4.74 Å². The maximum absolute atomic E-state index is 10.6. The van der Waals surface area contributed by atoms with Crippen LogP contribution in [0.2, 0.25) is 0 Å². The van der Waals surface area contributed by atoms with Gasteiger partial charge in [-0.3, -0.25) is 4.18 Å². The van der Waals surface area contributed by atoms with Gasteiger partial charge in [0.15, 0.2) is 0 Å². The molecule has 0 bridgehead atoms. The van der Waals surface area contributed by atoms with E-state index in [2.05, 4.69) is 25.2 Å². The van der Waals surface area contributed by atoms with Crippen LogP contribution in [0.5, 0.6) is 5.88 Å². The van der Waals surface area contributed by atoms with Crippen LogP contribution in [0.1, 0.15) is 6.42 Å². The van der Waals surface area contributed by atoms with Gasteiger partial charge in [0.1, 0.15) is 0 Å². The fourth-order valence-electron chi connectivity index (χ4n) is 1.000. The van der Waals surface area contributed by atoms with Gasteiger partial charge in [0.05, 0.1) is 30.1 Å². The maximum Gasteiger partial charge on any atom is 0.264 e. The molecule has 0 aliphatic carbocycles. The molecule has 0 atom stereocenters. The standard InChI is InChI=1S/C8H13BrN2O4S/c1-11-8(7(9)6-10-11)14-4-3-5-15-16(2,12)13/h6H,3-5H2,1-2H3. The molecule has 1 aromatic heterocycles. The monoisotopic (exact) mass is 312 g/mol. The molecule has 0 saturated heterocycles. The van der Waals surface area contributed by atoms with E-state index in [0.717, 1.165) is 10.7 Å². The van der Waals surface area contributed by atoms with Crippen molar-refractivity contribution in [3.8, 4) is 5.88 Å². The van der Waals surface area contributed by atoms with Crippen LogP contribution in [0.25, 0.3) is 0 Å². The highest BCUT2D eigenvalue weighted by Gasteiger charge is 2.07. The van der Waals surface area contributed by atoms with E-state index in [9.17, 15) is 8.42 Å². The molecule has 0 aromatic carbocycles. The number of rotatable bonds is 6. The molecule has 0 N–H and O–H groups in total. The SMILES string of the molecule is Cn1ncc(Br)c1OCCCOS(C)(=O)=O. The van der Waals surface area contributed by atoms with Crippen LogP contribution in [0.15, 0.2) is 10.7 Å². The van der Waals surface area contributed by atoms with Gasteiger partial charge in [-0.25, -0.2) is 4.68 Å². The lowest BCUT2D eigenvalue weighted by Crippen LogP contribution is -2.09. The van der Waals surface area contributed by atoms with Crippen molar-refractivity contribution in [2.24, 2.45) is 7.05 Å². The number of hydrogen-bond donors (Lipinski definition) is 0. The summed E-state index contributed by atoms with van der Waals surface area (Å²) in [4.78, 5) is 0. The van der Waals surface area contributed by atoms with Crippen molar-refractivity contribution in [1.82, 2.24) is 9.78 Å². The van der Waals surface area contributed by atoms with E-state index < -0.39 is 10.1 Å². The molecule has 0 radical (unpaired) electrons. The molecule has 16 heavy (non-hydrogen) atoms. The Labute approximate surface area is 103 Å². The summed E-state index contributed by atoms with van der Waals surface area (Å²) in [6.45, 7) is 0.488. The summed E-state index contributed by atoms with van der Waals surface area (Å²) in [6.07, 6.45) is 3.14. The third-order valence-corrected chi connectivity index (χ3v) is 2.81. The Balaban J connectivity index is 2.27. The largest absolute Gasteiger partial charge is 0.477 e. The Kier molecular flexibility index (Phi) is 4.75. The third-order valence-electron chi connectivity index (χ3n) is 1.67. The molecule has 92 valence electrons. The number of halogens is 1. The molecule has 0 fully saturated rings. The second-order valence-corrected chi connectivity index (χ2v) is 5.65. The minimum absolute atomic E-state index is 0.119. The lowest BCUT2D eigenvalue weighted by Gasteiger charge is -2.06. The molecule has 8 heteroatoms. The molecule has 1 aromatic rings. The smallest absolute Gasteiger partial charge is 0.264 e. The van der Waals surface area contributed by atoms with E-state index in [1.54, 1.807) is 17.9 Å². The summed E-state index contributed by atoms with van der Waals surface area (Å²) in [5.41, 5.74) is 0. The van der Waals surface area contributed by atoms with Gasteiger partial charge in [-0.05, 0) is 15.9 Å². The van der Waals surface area contributed by atoms with Crippen LogP contribution in [-0.2, 0) is 21.3 Å². The van der Waals surface area contributed by atoms with Crippen molar-refractivity contribution < 1.29 is 17.3 Å². The first-order chi connectivity index (χ1) is 7.40. The van der Waals surface area contributed by atoms with Crippen LogP contribution < -0.4 is 4.74 Å². The molecule has 0 aliphatic heterocycles. The van der Waals surface area contributed by atoms with Gasteiger partial charge >= 0.3 is 0 Å². The van der Waals surface area contributed by atoms with Crippen molar-refractivity contribution in [3.05, 3.63) is 10.7 Å². The Morgan fingerprint density at radius 1 is 1.50 bits per heavy atom. The third kappa shape index (κ3) is 4.50. The molecule has 6 nitrogen and oxygen atoms in total. The Bertz CT molecular complexity index is 423. The summed E-state index contributed by atoms with van der Waals surface area (Å²) >= 11 is 3.28. The van der Waals surface area contributed by atoms with Gasteiger partial charge in [0, 0.05) is 13.5 Å². The van der Waals surface area contributed by atoms with Crippen molar-refractivity contribution >= 4 is 26.0 Å². The normalized spacial score (nSPS) is 11.7. The second kappa shape index (κ2) is 5.65. The van der Waals surface area contributed by atoms with Gasteiger partial charge in [-0.15, -0.1) is 0 Å². The van der Waals surface area contributed by atoms with Crippen LogP contribution in [0.3, 0.4) is 0 Å². The highest BCUT2D eigenvalue weighted by Crippen LogP contribution is 2.22. The number of ether oxygens (including phenoxy) is 1. The lowest BCUT2D eigenvalue weighted by molar-refractivity contribution is 0.238. The van der Waals surface area contributed by atoms with Gasteiger partial charge in [-0.1, -0.05) is 0 Å². The van der Waals surface area contributed by atoms with Crippen LogP contribution >= 0.6 is 15.9 Å². The first-order valence-corrected chi connectivity index (χ1v) is 7.16. The summed E-state index contributed by atoms with van der Waals surface area (Å²) in [6, 6.07) is 0. The Morgan fingerprint density at radius 2 is 2.19 bits per heavy atom. The zero-order valence-corrected chi connectivity index (χ0v) is 11.4. The number of nitrogens with zero attached hydrogens (tertiary/aromatic N) is 2. The first-order valence-electron chi connectivity index (χ1n) is 4.55. The topological polar surface area (TPSA) is 70.4 Å². The van der Waals surface area contributed by atoms with E-state index >= 15 is 0 Å². The van der Waals surface area contributed by atoms with E-state index in [4.69, 9.17) is 4.74 Å². The van der Waals surface area contributed by atoms with Gasteiger partial charge in [0.2, 0.25) is 5.88 Å². The summed E-state index contributed by atoms with van der Waals surface area (Å²) < 4.78 is 33.6. The van der Waals surface area contributed by atoms with Crippen molar-refractivity contribution in [1.29, 1.82) is 0 Å². The quantitative estimate of drug-likeness (QED) is 0.577. The second-order valence-electron chi connectivity index (χ2n) is 3.15. The zero-order chi connectivity index (χ0) is 12.2. The van der Waals surface area contributed by atoms with E-state index in [-0.39, 0.29) is 6.61 Å². The van der Waals surface area contributed by atoms with E-state index in [1.807, 2.05) is 0 Å². The molecule has 0 aliphatic rings. The first kappa shape index (κ1) is 13.5. The molecule has 0 amide bonds. The lowest BCUT2D eigenvalue weighted by atomic mass is 10.5. The average molecular weight is 313 g/mol. The van der Waals surface area contributed by atoms with Crippen LogP contribution in [0.4, 0.5) is 0 Å². The molecular weight excluding hydrogens is 300 g/mol. The van der Waals surface area contributed by atoms with Crippen LogP contribution in [0, 0.1) is 0 Å². The maximum atomic E-state index is 10.6. The number of aryl methyl sites for hydroxylation is 1. The summed E-state index contributed by atoms with van der Waals surface area (Å²) in [5.74, 6) is 0.611. The average Bonchev–Trinajstić information content (AvgIpc) is 2.46. The van der Waals surface area contributed by atoms with Crippen molar-refractivity contribution in [2.45, 2.75) is 6.42 Å². The fraction of sp³-hybridized carbons (Fsp3) is 0.625. The molecule has 0 unspecified atom stereocenters. The zero-order valence-electron chi connectivity index (χ0n) is 9.01. The number of hydrogen-bond acceptors (Lipinski definition) is 5. The predicted molar refractivity (Wildman–Crippen MR) is 61.8 cm³/mol. The molecule has 1 rings (SSSR count). The number of aromatic nitrogens is 2. The molecule has 0 saturated carbocycles. The predicted octanol–water partition coefficient (Wildman–Crippen LogP) is 0.928. The van der Waals surface area contributed by atoms with Gasteiger partial charge in [-0.2, -0.15) is 13.5 Å². The summed E-state index contributed by atoms with van der Waals surface area (Å²) in [5, 5.41) is 3.97. The Hall–Kier alpha value is -0.600. The van der Waals surface area contributed by atoms with Gasteiger partial charge in [0.25, 0.3) is 10.1 Å². The van der Waals surface area contributed by atoms with Crippen LogP contribution in [-0.4, -0.2) is 37.7 Å². The van der Waals surface area contributed by atoms with Crippen molar-refractivity contribution in [3.63, 3.8) is 0 Å². The highest BCUT2D eigenvalue weighted by atomic mass is 79.9. The minimum atomic E-state index is -3.36. The Morgan fingerprint density at radius 3 is 2.69 bits per heavy atom.